The van der Waals surface area contributed by atoms with Crippen LogP contribution in [0.2, 0.25) is 0 Å². The van der Waals surface area contributed by atoms with E-state index in [1.165, 1.54) is 16.6 Å². The van der Waals surface area contributed by atoms with Crippen molar-refractivity contribution in [3.63, 3.8) is 0 Å². The summed E-state index contributed by atoms with van der Waals surface area (Å²) in [5.41, 5.74) is 1.67. The lowest BCUT2D eigenvalue weighted by Gasteiger charge is -2.12. The van der Waals surface area contributed by atoms with E-state index in [0.717, 1.165) is 28.9 Å². The first-order valence-electron chi connectivity index (χ1n) is 8.95. The molecule has 0 amide bonds. The molecular weight excluding hydrogens is 380 g/mol. The Morgan fingerprint density at radius 3 is 2.67 bits per heavy atom. The maximum atomic E-state index is 13.4. The van der Waals surface area contributed by atoms with Crippen molar-refractivity contribution in [1.29, 1.82) is 0 Å². The number of hydrogen-bond donors (Lipinski definition) is 0. The minimum atomic E-state index is -0.314. The van der Waals surface area contributed by atoms with Gasteiger partial charge in [-0.25, -0.2) is 4.98 Å². The van der Waals surface area contributed by atoms with Gasteiger partial charge in [0.2, 0.25) is 0 Å². The number of aryl methyl sites for hydroxylation is 2. The molecule has 2 heterocycles. The van der Waals surface area contributed by atoms with Gasteiger partial charge in [0, 0.05) is 4.88 Å². The van der Waals surface area contributed by atoms with E-state index < -0.39 is 0 Å². The maximum absolute atomic E-state index is 13.4. The molecule has 0 saturated heterocycles. The van der Waals surface area contributed by atoms with E-state index in [-0.39, 0.29) is 17.3 Å². The first-order chi connectivity index (χ1) is 13.1. The minimum absolute atomic E-state index is 0.0892. The highest BCUT2D eigenvalue weighted by atomic mass is 32.2. The first-order valence-corrected chi connectivity index (χ1v) is 10.8. The summed E-state index contributed by atoms with van der Waals surface area (Å²) < 4.78 is 6.61. The summed E-state index contributed by atoms with van der Waals surface area (Å²) in [6, 6.07) is 9.42. The number of esters is 1. The summed E-state index contributed by atoms with van der Waals surface area (Å²) in [7, 11) is 0. The number of benzene rings is 1. The number of carbonyl (C=O) groups is 1. The van der Waals surface area contributed by atoms with Gasteiger partial charge < -0.3 is 4.74 Å². The van der Waals surface area contributed by atoms with Crippen LogP contribution in [0.1, 0.15) is 30.7 Å². The number of thioether (sulfide) groups is 1. The topological polar surface area (TPSA) is 61.2 Å². The number of nitrogens with zero attached hydrogens (tertiary/aromatic N) is 2. The van der Waals surface area contributed by atoms with Crippen LogP contribution >= 0.6 is 23.1 Å². The summed E-state index contributed by atoms with van der Waals surface area (Å²) in [5, 5.41) is 1.18. The van der Waals surface area contributed by atoms with Crippen molar-refractivity contribution in [2.75, 3.05) is 12.4 Å². The summed E-state index contributed by atoms with van der Waals surface area (Å²) >= 11 is 2.80. The third kappa shape index (κ3) is 4.09. The summed E-state index contributed by atoms with van der Waals surface area (Å²) in [6.07, 6.45) is 1.95. The van der Waals surface area contributed by atoms with Crippen molar-refractivity contribution in [1.82, 2.24) is 9.55 Å². The van der Waals surface area contributed by atoms with Crippen LogP contribution in [0.4, 0.5) is 0 Å². The van der Waals surface area contributed by atoms with E-state index in [2.05, 4.69) is 6.92 Å². The Hall–Kier alpha value is -2.12. The van der Waals surface area contributed by atoms with E-state index in [1.54, 1.807) is 22.8 Å². The van der Waals surface area contributed by atoms with Gasteiger partial charge >= 0.3 is 5.97 Å². The van der Waals surface area contributed by atoms with E-state index in [1.807, 2.05) is 37.3 Å². The second-order valence-electron chi connectivity index (χ2n) is 6.04. The number of carbonyl (C=O) groups excluding carboxylic acids is 1. The highest BCUT2D eigenvalue weighted by Crippen LogP contribution is 2.31. The van der Waals surface area contributed by atoms with Crippen LogP contribution in [-0.4, -0.2) is 27.9 Å². The predicted molar refractivity (Wildman–Crippen MR) is 111 cm³/mol. The van der Waals surface area contributed by atoms with E-state index in [4.69, 9.17) is 9.72 Å². The second kappa shape index (κ2) is 8.71. The lowest BCUT2D eigenvalue weighted by Crippen LogP contribution is -2.22. The number of para-hydroxylation sites is 1. The van der Waals surface area contributed by atoms with Gasteiger partial charge in [0.1, 0.15) is 4.83 Å². The predicted octanol–water partition coefficient (Wildman–Crippen LogP) is 4.36. The fourth-order valence-electron chi connectivity index (χ4n) is 2.90. The Balaban J connectivity index is 2.16. The molecule has 0 aliphatic carbocycles. The van der Waals surface area contributed by atoms with Crippen LogP contribution in [0.15, 0.2) is 40.3 Å². The zero-order valence-electron chi connectivity index (χ0n) is 15.7. The summed E-state index contributed by atoms with van der Waals surface area (Å²) in [5.74, 6) is -0.198. The lowest BCUT2D eigenvalue weighted by atomic mass is 10.1. The number of fused-ring (bicyclic) bond motifs is 1. The molecule has 0 radical (unpaired) electrons. The molecule has 3 aromatic rings. The standard InChI is InChI=1S/C20H22N2O3S2/c1-4-9-15-13(3)17-18(27-15)21-20(26-12-16(23)25-5-2)22(19(17)24)14-10-7-6-8-11-14/h6-8,10-11H,4-5,9,12H2,1-3H3. The molecule has 7 heteroatoms. The Bertz CT molecular complexity index is 1010. The minimum Gasteiger partial charge on any atom is -0.465 e. The molecule has 0 N–H and O–H groups in total. The van der Waals surface area contributed by atoms with Gasteiger partial charge in [-0.05, 0) is 38.0 Å². The van der Waals surface area contributed by atoms with E-state index in [0.29, 0.717) is 17.1 Å². The highest BCUT2D eigenvalue weighted by Gasteiger charge is 2.19. The van der Waals surface area contributed by atoms with Gasteiger partial charge in [-0.3, -0.25) is 14.2 Å². The molecule has 5 nitrogen and oxygen atoms in total. The first kappa shape index (κ1) is 19.6. The molecule has 0 atom stereocenters. The van der Waals surface area contributed by atoms with Gasteiger partial charge in [0.05, 0.1) is 23.4 Å². The number of aromatic nitrogens is 2. The molecule has 1 aromatic carbocycles. The molecule has 0 spiro atoms. The number of rotatable bonds is 7. The molecule has 0 unspecified atom stereocenters. The van der Waals surface area contributed by atoms with Crippen molar-refractivity contribution in [2.24, 2.45) is 0 Å². The molecule has 0 fully saturated rings. The Labute approximate surface area is 166 Å². The third-order valence-corrected chi connectivity index (χ3v) is 6.31. The Morgan fingerprint density at radius 1 is 1.26 bits per heavy atom. The number of thiophene rings is 1. The van der Waals surface area contributed by atoms with Crippen LogP contribution in [-0.2, 0) is 16.0 Å². The van der Waals surface area contributed by atoms with E-state index in [9.17, 15) is 9.59 Å². The zero-order chi connectivity index (χ0) is 19.4. The van der Waals surface area contributed by atoms with Crippen molar-refractivity contribution in [2.45, 2.75) is 38.8 Å². The van der Waals surface area contributed by atoms with Crippen molar-refractivity contribution in [3.05, 3.63) is 51.1 Å². The lowest BCUT2D eigenvalue weighted by molar-refractivity contribution is -0.139. The largest absolute Gasteiger partial charge is 0.465 e. The molecule has 3 rings (SSSR count). The van der Waals surface area contributed by atoms with Crippen LogP contribution in [0.25, 0.3) is 15.9 Å². The van der Waals surface area contributed by atoms with Gasteiger partial charge in [-0.15, -0.1) is 11.3 Å². The molecule has 2 aromatic heterocycles. The zero-order valence-corrected chi connectivity index (χ0v) is 17.3. The van der Waals surface area contributed by atoms with Crippen molar-refractivity contribution < 1.29 is 9.53 Å². The molecule has 0 aliphatic rings. The molecular formula is C20H22N2O3S2. The van der Waals surface area contributed by atoms with E-state index >= 15 is 0 Å². The monoisotopic (exact) mass is 402 g/mol. The molecule has 142 valence electrons. The maximum Gasteiger partial charge on any atom is 0.316 e. The molecule has 27 heavy (non-hydrogen) atoms. The fourth-order valence-corrected chi connectivity index (χ4v) is 5.03. The van der Waals surface area contributed by atoms with Crippen LogP contribution in [0.3, 0.4) is 0 Å². The Morgan fingerprint density at radius 2 is 2.00 bits per heavy atom. The summed E-state index contributed by atoms with van der Waals surface area (Å²) in [6.45, 7) is 6.23. The van der Waals surface area contributed by atoms with Crippen LogP contribution in [0, 0.1) is 6.92 Å². The van der Waals surface area contributed by atoms with Gasteiger partial charge in [0.25, 0.3) is 5.56 Å². The SMILES string of the molecule is CCCc1sc2nc(SCC(=O)OCC)n(-c3ccccc3)c(=O)c2c1C. The van der Waals surface area contributed by atoms with Gasteiger partial charge in [0.15, 0.2) is 5.16 Å². The van der Waals surface area contributed by atoms with Gasteiger partial charge in [-0.2, -0.15) is 0 Å². The summed E-state index contributed by atoms with van der Waals surface area (Å²) in [4.78, 5) is 31.8. The van der Waals surface area contributed by atoms with Crippen LogP contribution in [0.5, 0.6) is 0 Å². The molecule has 0 aliphatic heterocycles. The third-order valence-electron chi connectivity index (χ3n) is 4.15. The number of ether oxygens (including phenoxy) is 1. The quantitative estimate of drug-likeness (QED) is 0.334. The average molecular weight is 403 g/mol. The highest BCUT2D eigenvalue weighted by molar-refractivity contribution is 7.99. The van der Waals surface area contributed by atoms with Crippen LogP contribution < -0.4 is 5.56 Å². The smallest absolute Gasteiger partial charge is 0.316 e. The number of hydrogen-bond acceptors (Lipinski definition) is 6. The second-order valence-corrected chi connectivity index (χ2v) is 8.07. The molecule has 0 saturated carbocycles. The van der Waals surface area contributed by atoms with Gasteiger partial charge in [-0.1, -0.05) is 43.3 Å². The van der Waals surface area contributed by atoms with Crippen molar-refractivity contribution in [3.8, 4) is 5.69 Å². The normalized spacial score (nSPS) is 11.1. The van der Waals surface area contributed by atoms with Crippen molar-refractivity contribution >= 4 is 39.3 Å². The molecule has 0 bridgehead atoms. The fraction of sp³-hybridized carbons (Fsp3) is 0.350. The average Bonchev–Trinajstić information content (AvgIpc) is 2.97. The Kier molecular flexibility index (Phi) is 6.34.